The number of carbonyl (C=O) groups is 1. The lowest BCUT2D eigenvalue weighted by Crippen LogP contribution is -2.68. The molecule has 1 amide bonds. The van der Waals surface area contributed by atoms with Crippen molar-refractivity contribution >= 4 is 11.6 Å². The van der Waals surface area contributed by atoms with Crippen molar-refractivity contribution in [2.45, 2.75) is 44.9 Å². The van der Waals surface area contributed by atoms with E-state index in [9.17, 15) is 4.79 Å². The highest BCUT2D eigenvalue weighted by Crippen LogP contribution is 2.52. The number of para-hydroxylation sites is 1. The van der Waals surface area contributed by atoms with Gasteiger partial charge in [0.15, 0.2) is 0 Å². The number of rotatable bonds is 3. The summed E-state index contributed by atoms with van der Waals surface area (Å²) in [7, 11) is 0. The topological polar surface area (TPSA) is 41.6 Å². The molecule has 4 heteroatoms. The first-order chi connectivity index (χ1) is 10.6. The Morgan fingerprint density at radius 3 is 2.77 bits per heavy atom. The Balaban J connectivity index is 1.46. The molecule has 0 unspecified atom stereocenters. The molecular formula is C18H24N2O2. The van der Waals surface area contributed by atoms with Gasteiger partial charge in [-0.15, -0.1) is 0 Å². The smallest absolute Gasteiger partial charge is 0.244 e. The van der Waals surface area contributed by atoms with Gasteiger partial charge >= 0.3 is 0 Å². The highest BCUT2D eigenvalue weighted by atomic mass is 16.5. The van der Waals surface area contributed by atoms with Gasteiger partial charge < -0.3 is 15.0 Å². The molecule has 2 aliphatic heterocycles. The van der Waals surface area contributed by atoms with E-state index in [1.54, 1.807) is 0 Å². The molecule has 1 aliphatic carbocycles. The fourth-order valence-electron chi connectivity index (χ4n) is 4.58. The molecule has 118 valence electrons. The molecule has 0 spiro atoms. The fraction of sp³-hybridized carbons (Fsp3) is 0.611. The van der Waals surface area contributed by atoms with Gasteiger partial charge in [0.05, 0.1) is 12.1 Å². The van der Waals surface area contributed by atoms with E-state index in [2.05, 4.69) is 19.2 Å². The van der Waals surface area contributed by atoms with E-state index in [1.807, 2.05) is 35.2 Å². The average Bonchev–Trinajstić information content (AvgIpc) is 3.11. The first-order valence-electron chi connectivity index (χ1n) is 8.33. The van der Waals surface area contributed by atoms with Crippen LogP contribution in [0, 0.1) is 11.3 Å². The Morgan fingerprint density at radius 2 is 2.00 bits per heavy atom. The number of amides is 1. The van der Waals surface area contributed by atoms with E-state index in [0.717, 1.165) is 31.7 Å². The van der Waals surface area contributed by atoms with E-state index in [4.69, 9.17) is 4.74 Å². The number of hydrogen-bond acceptors (Lipinski definition) is 3. The maximum absolute atomic E-state index is 12.7. The average molecular weight is 300 g/mol. The summed E-state index contributed by atoms with van der Waals surface area (Å²) in [5.41, 5.74) is 1.13. The monoisotopic (exact) mass is 300 g/mol. The summed E-state index contributed by atoms with van der Waals surface area (Å²) in [5, 5.41) is 3.66. The zero-order valence-corrected chi connectivity index (χ0v) is 13.3. The number of hydrogen-bond donors (Lipinski definition) is 1. The molecule has 1 aromatic carbocycles. The van der Waals surface area contributed by atoms with Gasteiger partial charge in [-0.2, -0.15) is 0 Å². The predicted molar refractivity (Wildman–Crippen MR) is 85.8 cm³/mol. The fourth-order valence-corrected chi connectivity index (χ4v) is 4.58. The zero-order chi connectivity index (χ0) is 15.3. The summed E-state index contributed by atoms with van der Waals surface area (Å²) >= 11 is 0. The summed E-state index contributed by atoms with van der Waals surface area (Å²) in [6.45, 7) is 6.18. The summed E-state index contributed by atoms with van der Waals surface area (Å²) in [5.74, 6) is 0.790. The van der Waals surface area contributed by atoms with E-state index in [1.165, 1.54) is 0 Å². The lowest BCUT2D eigenvalue weighted by molar-refractivity contribution is -0.127. The molecule has 2 saturated heterocycles. The third kappa shape index (κ3) is 2.01. The highest BCUT2D eigenvalue weighted by molar-refractivity contribution is 5.99. The first kappa shape index (κ1) is 14.2. The van der Waals surface area contributed by atoms with Crippen LogP contribution in [0.2, 0.25) is 0 Å². The minimum absolute atomic E-state index is 0.0500. The molecule has 0 radical (unpaired) electrons. The second-order valence-electron chi connectivity index (χ2n) is 7.38. The molecule has 4 nitrogen and oxygen atoms in total. The van der Waals surface area contributed by atoms with Crippen molar-refractivity contribution in [1.82, 2.24) is 5.32 Å². The van der Waals surface area contributed by atoms with Crippen molar-refractivity contribution in [2.24, 2.45) is 11.3 Å². The number of nitrogens with one attached hydrogen (secondary N) is 1. The summed E-state index contributed by atoms with van der Waals surface area (Å²) in [6.07, 6.45) is 2.37. The van der Waals surface area contributed by atoms with Gasteiger partial charge in [-0.1, -0.05) is 32.0 Å². The quantitative estimate of drug-likeness (QED) is 0.930. The first-order valence-corrected chi connectivity index (χ1v) is 8.33. The number of fused-ring (bicyclic) bond motifs is 1. The van der Waals surface area contributed by atoms with Gasteiger partial charge in [0.1, 0.15) is 0 Å². The van der Waals surface area contributed by atoms with Crippen LogP contribution < -0.4 is 10.2 Å². The minimum Gasteiger partial charge on any atom is -0.377 e. The maximum atomic E-state index is 12.7. The van der Waals surface area contributed by atoms with Crippen molar-refractivity contribution < 1.29 is 9.53 Å². The zero-order valence-electron chi connectivity index (χ0n) is 13.3. The second-order valence-corrected chi connectivity index (χ2v) is 7.38. The van der Waals surface area contributed by atoms with E-state index >= 15 is 0 Å². The van der Waals surface area contributed by atoms with Crippen LogP contribution in [0.25, 0.3) is 0 Å². The third-order valence-electron chi connectivity index (χ3n) is 5.75. The van der Waals surface area contributed by atoms with Crippen LogP contribution in [0.3, 0.4) is 0 Å². The van der Waals surface area contributed by atoms with Gasteiger partial charge in [0.25, 0.3) is 0 Å². The van der Waals surface area contributed by atoms with Crippen LogP contribution >= 0.6 is 0 Å². The van der Waals surface area contributed by atoms with Gasteiger partial charge in [-0.05, 0) is 25.0 Å². The van der Waals surface area contributed by atoms with E-state index in [0.29, 0.717) is 18.1 Å². The summed E-state index contributed by atoms with van der Waals surface area (Å²) < 4.78 is 5.84. The number of benzene rings is 1. The number of ether oxygens (including phenoxy) is 1. The van der Waals surface area contributed by atoms with E-state index in [-0.39, 0.29) is 17.4 Å². The van der Waals surface area contributed by atoms with Crippen LogP contribution in [-0.2, 0) is 9.53 Å². The third-order valence-corrected chi connectivity index (χ3v) is 5.75. The highest BCUT2D eigenvalue weighted by Gasteiger charge is 2.60. The van der Waals surface area contributed by atoms with Gasteiger partial charge in [0.2, 0.25) is 5.91 Å². The molecule has 0 aromatic heterocycles. The molecule has 4 rings (SSSR count). The molecule has 22 heavy (non-hydrogen) atoms. The van der Waals surface area contributed by atoms with Crippen LogP contribution in [0.1, 0.15) is 26.7 Å². The van der Waals surface area contributed by atoms with Crippen LogP contribution in [0.5, 0.6) is 0 Å². The molecule has 2 heterocycles. The van der Waals surface area contributed by atoms with Crippen molar-refractivity contribution in [3.05, 3.63) is 30.3 Å². The minimum atomic E-state index is -0.0500. The normalized spacial score (nSPS) is 36.3. The van der Waals surface area contributed by atoms with E-state index < -0.39 is 0 Å². The summed E-state index contributed by atoms with van der Waals surface area (Å²) in [4.78, 5) is 14.6. The Bertz CT molecular complexity index is 572. The van der Waals surface area contributed by atoms with Crippen molar-refractivity contribution in [2.75, 3.05) is 18.1 Å². The molecule has 1 saturated carbocycles. The van der Waals surface area contributed by atoms with Gasteiger partial charge in [-0.25, -0.2) is 0 Å². The van der Waals surface area contributed by atoms with Crippen molar-refractivity contribution in [3.8, 4) is 0 Å². The number of nitrogens with zero attached hydrogens (tertiary/aromatic N) is 1. The Kier molecular flexibility index (Phi) is 3.27. The standard InChI is InChI=1S/C18H24N2O2/c1-18(2)15(13-9-11-22-16(13)18)19-14-8-10-20(17(14)21)12-6-4-3-5-7-12/h3-7,13-16,19H,8-11H2,1-2H3/t13-,14-,15-,16-/m1/s1. The van der Waals surface area contributed by atoms with Gasteiger partial charge in [0, 0.05) is 36.2 Å². The number of anilines is 1. The van der Waals surface area contributed by atoms with Crippen LogP contribution in [0.4, 0.5) is 5.69 Å². The van der Waals surface area contributed by atoms with Crippen LogP contribution in [-0.4, -0.2) is 37.2 Å². The van der Waals surface area contributed by atoms with Crippen LogP contribution in [0.15, 0.2) is 30.3 Å². The molecule has 1 aromatic rings. The molecular weight excluding hydrogens is 276 g/mol. The molecule has 4 atom stereocenters. The second kappa shape index (κ2) is 5.07. The Hall–Kier alpha value is -1.39. The number of carbonyl (C=O) groups excluding carboxylic acids is 1. The molecule has 3 fully saturated rings. The maximum Gasteiger partial charge on any atom is 0.244 e. The largest absolute Gasteiger partial charge is 0.377 e. The molecule has 0 bridgehead atoms. The Labute approximate surface area is 131 Å². The predicted octanol–water partition coefficient (Wildman–Crippen LogP) is 2.19. The Morgan fingerprint density at radius 1 is 1.23 bits per heavy atom. The molecule has 3 aliphatic rings. The molecule has 1 N–H and O–H groups in total. The SMILES string of the molecule is CC1(C)[C@H](N[C@@H]2CCN(c3ccccc3)C2=O)[C@H]2CCO[C@H]21. The van der Waals surface area contributed by atoms with Crippen molar-refractivity contribution in [1.29, 1.82) is 0 Å². The van der Waals surface area contributed by atoms with Gasteiger partial charge in [-0.3, -0.25) is 4.79 Å². The van der Waals surface area contributed by atoms with Crippen molar-refractivity contribution in [3.63, 3.8) is 0 Å². The lowest BCUT2D eigenvalue weighted by Gasteiger charge is -2.55. The summed E-state index contributed by atoms with van der Waals surface area (Å²) in [6, 6.07) is 10.3. The lowest BCUT2D eigenvalue weighted by atomic mass is 9.57.